The fourth-order valence-electron chi connectivity index (χ4n) is 1.12. The molecule has 0 aliphatic heterocycles. The van der Waals surface area contributed by atoms with Gasteiger partial charge in [0.05, 0.1) is 12.7 Å². The molecule has 2 aromatic rings. The molecule has 0 atom stereocenters. The number of halogens is 2. The van der Waals surface area contributed by atoms with Gasteiger partial charge in [-0.3, -0.25) is 4.68 Å². The molecule has 0 saturated carbocycles. The zero-order chi connectivity index (χ0) is 10.1. The highest BCUT2D eigenvalue weighted by Crippen LogP contribution is 2.19. The fourth-order valence-corrected chi connectivity index (χ4v) is 1.56. The van der Waals surface area contributed by atoms with Gasteiger partial charge in [0.2, 0.25) is 5.28 Å². The van der Waals surface area contributed by atoms with E-state index >= 15 is 0 Å². The van der Waals surface area contributed by atoms with Crippen molar-refractivity contribution in [3.05, 3.63) is 29.3 Å². The standard InChI is InChI=1S/C8H6Cl2N4/c1-2-3-14-4-5-6(13-14)7(9)12-8(10)11-5/h2,4H,1,3H2. The van der Waals surface area contributed by atoms with E-state index in [9.17, 15) is 0 Å². The van der Waals surface area contributed by atoms with Crippen LogP contribution in [-0.4, -0.2) is 19.7 Å². The van der Waals surface area contributed by atoms with Crippen molar-refractivity contribution in [2.45, 2.75) is 6.54 Å². The van der Waals surface area contributed by atoms with Crippen molar-refractivity contribution in [1.82, 2.24) is 19.7 Å². The van der Waals surface area contributed by atoms with E-state index in [2.05, 4.69) is 21.6 Å². The van der Waals surface area contributed by atoms with Gasteiger partial charge >= 0.3 is 0 Å². The van der Waals surface area contributed by atoms with E-state index in [1.165, 1.54) is 0 Å². The summed E-state index contributed by atoms with van der Waals surface area (Å²) < 4.78 is 1.68. The monoisotopic (exact) mass is 228 g/mol. The van der Waals surface area contributed by atoms with Crippen molar-refractivity contribution in [2.24, 2.45) is 0 Å². The molecule has 0 aliphatic rings. The van der Waals surface area contributed by atoms with Gasteiger partial charge in [0.25, 0.3) is 0 Å². The lowest BCUT2D eigenvalue weighted by atomic mass is 10.5. The second-order valence-corrected chi connectivity index (χ2v) is 3.35. The molecule has 14 heavy (non-hydrogen) atoms. The molecule has 0 saturated heterocycles. The first-order chi connectivity index (χ1) is 6.70. The summed E-state index contributed by atoms with van der Waals surface area (Å²) in [6, 6.07) is 0. The molecule has 0 spiro atoms. The number of hydrogen-bond acceptors (Lipinski definition) is 3. The summed E-state index contributed by atoms with van der Waals surface area (Å²) in [4.78, 5) is 7.78. The molecule has 0 aromatic carbocycles. The summed E-state index contributed by atoms with van der Waals surface area (Å²) in [6.45, 7) is 4.21. The lowest BCUT2D eigenvalue weighted by Crippen LogP contribution is -1.93. The van der Waals surface area contributed by atoms with Crippen LogP contribution < -0.4 is 0 Å². The molecule has 2 rings (SSSR count). The highest BCUT2D eigenvalue weighted by molar-refractivity contribution is 6.35. The van der Waals surface area contributed by atoms with Gasteiger partial charge in [-0.1, -0.05) is 17.7 Å². The maximum Gasteiger partial charge on any atom is 0.224 e. The van der Waals surface area contributed by atoms with Crippen molar-refractivity contribution >= 4 is 34.2 Å². The van der Waals surface area contributed by atoms with E-state index in [0.29, 0.717) is 17.6 Å². The Kier molecular flexibility index (Phi) is 2.39. The molecule has 0 fully saturated rings. The Balaban J connectivity index is 2.64. The van der Waals surface area contributed by atoms with Gasteiger partial charge in [-0.05, 0) is 11.6 Å². The van der Waals surface area contributed by atoms with E-state index in [1.54, 1.807) is 17.0 Å². The molecular formula is C8H6Cl2N4. The first kappa shape index (κ1) is 9.43. The Bertz CT molecular complexity index is 491. The number of allylic oxidation sites excluding steroid dienone is 1. The molecular weight excluding hydrogens is 223 g/mol. The van der Waals surface area contributed by atoms with Crippen LogP contribution in [0.25, 0.3) is 11.0 Å². The van der Waals surface area contributed by atoms with Crippen LogP contribution >= 0.6 is 23.2 Å². The minimum absolute atomic E-state index is 0.126. The maximum atomic E-state index is 5.84. The summed E-state index contributed by atoms with van der Waals surface area (Å²) in [6.07, 6.45) is 3.48. The minimum atomic E-state index is 0.126. The Morgan fingerprint density at radius 1 is 1.43 bits per heavy atom. The molecule has 0 bridgehead atoms. The van der Waals surface area contributed by atoms with Gasteiger partial charge in [0.1, 0.15) is 11.0 Å². The van der Waals surface area contributed by atoms with Crippen LogP contribution in [-0.2, 0) is 6.54 Å². The number of fused-ring (bicyclic) bond motifs is 1. The minimum Gasteiger partial charge on any atom is -0.266 e. The van der Waals surface area contributed by atoms with Gasteiger partial charge in [-0.15, -0.1) is 6.58 Å². The summed E-state index contributed by atoms with van der Waals surface area (Å²) in [5.41, 5.74) is 1.19. The third-order valence-electron chi connectivity index (χ3n) is 1.66. The molecule has 0 radical (unpaired) electrons. The number of nitrogens with zero attached hydrogens (tertiary/aromatic N) is 4. The summed E-state index contributed by atoms with van der Waals surface area (Å²) in [5.74, 6) is 0. The SMILES string of the molecule is C=CCn1cc2nc(Cl)nc(Cl)c2n1. The van der Waals surface area contributed by atoms with Crippen molar-refractivity contribution in [3.8, 4) is 0 Å². The number of aromatic nitrogens is 4. The molecule has 0 N–H and O–H groups in total. The van der Waals surface area contributed by atoms with E-state index < -0.39 is 0 Å². The van der Waals surface area contributed by atoms with Gasteiger partial charge in [-0.2, -0.15) is 5.10 Å². The fraction of sp³-hybridized carbons (Fsp3) is 0.125. The quantitative estimate of drug-likeness (QED) is 0.451. The maximum absolute atomic E-state index is 5.84. The molecule has 0 aliphatic carbocycles. The predicted octanol–water partition coefficient (Wildman–Crippen LogP) is 2.32. The van der Waals surface area contributed by atoms with E-state index in [-0.39, 0.29) is 10.4 Å². The average Bonchev–Trinajstić information content (AvgIpc) is 2.48. The van der Waals surface area contributed by atoms with Crippen LogP contribution in [0.3, 0.4) is 0 Å². The molecule has 72 valence electrons. The zero-order valence-corrected chi connectivity index (χ0v) is 8.63. The highest BCUT2D eigenvalue weighted by atomic mass is 35.5. The topological polar surface area (TPSA) is 43.6 Å². The lowest BCUT2D eigenvalue weighted by Gasteiger charge is -1.91. The van der Waals surface area contributed by atoms with Crippen LogP contribution in [0.4, 0.5) is 0 Å². The summed E-state index contributed by atoms with van der Waals surface area (Å²) >= 11 is 11.5. The Hall–Kier alpha value is -1.13. The van der Waals surface area contributed by atoms with Crippen LogP contribution in [0.1, 0.15) is 0 Å². The van der Waals surface area contributed by atoms with Crippen LogP contribution in [0, 0.1) is 0 Å². The van der Waals surface area contributed by atoms with Gasteiger partial charge in [0, 0.05) is 0 Å². The number of hydrogen-bond donors (Lipinski definition) is 0. The average molecular weight is 229 g/mol. The van der Waals surface area contributed by atoms with Crippen molar-refractivity contribution in [3.63, 3.8) is 0 Å². The van der Waals surface area contributed by atoms with Gasteiger partial charge in [0.15, 0.2) is 5.15 Å². The first-order valence-electron chi connectivity index (χ1n) is 3.88. The van der Waals surface area contributed by atoms with E-state index in [0.717, 1.165) is 0 Å². The van der Waals surface area contributed by atoms with E-state index in [4.69, 9.17) is 23.2 Å². The van der Waals surface area contributed by atoms with Crippen molar-refractivity contribution < 1.29 is 0 Å². The largest absolute Gasteiger partial charge is 0.266 e. The number of rotatable bonds is 2. The summed E-state index contributed by atoms with van der Waals surface area (Å²) in [7, 11) is 0. The van der Waals surface area contributed by atoms with Crippen LogP contribution in [0.2, 0.25) is 10.4 Å². The second-order valence-electron chi connectivity index (χ2n) is 2.66. The Morgan fingerprint density at radius 3 is 2.93 bits per heavy atom. The molecule has 2 heterocycles. The Morgan fingerprint density at radius 2 is 2.21 bits per heavy atom. The molecule has 0 amide bonds. The molecule has 6 heteroatoms. The summed E-state index contributed by atoms with van der Waals surface area (Å²) in [5, 5.41) is 4.57. The third kappa shape index (κ3) is 1.58. The van der Waals surface area contributed by atoms with Crippen molar-refractivity contribution in [2.75, 3.05) is 0 Å². The van der Waals surface area contributed by atoms with Gasteiger partial charge < -0.3 is 0 Å². The normalized spacial score (nSPS) is 10.7. The van der Waals surface area contributed by atoms with Crippen molar-refractivity contribution in [1.29, 1.82) is 0 Å². The Labute approximate surface area is 90.2 Å². The zero-order valence-electron chi connectivity index (χ0n) is 7.11. The molecule has 4 nitrogen and oxygen atoms in total. The van der Waals surface area contributed by atoms with E-state index in [1.807, 2.05) is 0 Å². The second kappa shape index (κ2) is 3.55. The molecule has 0 unspecified atom stereocenters. The third-order valence-corrected chi connectivity index (χ3v) is 2.09. The van der Waals surface area contributed by atoms with Crippen LogP contribution in [0.15, 0.2) is 18.9 Å². The lowest BCUT2D eigenvalue weighted by molar-refractivity contribution is 0.712. The van der Waals surface area contributed by atoms with Gasteiger partial charge in [-0.25, -0.2) is 9.97 Å². The first-order valence-corrected chi connectivity index (χ1v) is 4.63. The van der Waals surface area contributed by atoms with Crippen LogP contribution in [0.5, 0.6) is 0 Å². The molecule has 2 aromatic heterocycles. The smallest absolute Gasteiger partial charge is 0.224 e. The predicted molar refractivity (Wildman–Crippen MR) is 55.5 cm³/mol. The highest BCUT2D eigenvalue weighted by Gasteiger charge is 2.08.